The Balaban J connectivity index is 1.71. The highest BCUT2D eigenvalue weighted by Gasteiger charge is 2.26. The average Bonchev–Trinajstić information content (AvgIpc) is 3.16. The topological polar surface area (TPSA) is 69.0 Å². The van der Waals surface area contributed by atoms with E-state index in [2.05, 4.69) is 15.4 Å². The number of ether oxygens (including phenoxy) is 1. The van der Waals surface area contributed by atoms with E-state index in [9.17, 15) is 4.79 Å². The molecule has 6 nitrogen and oxygen atoms in total. The Morgan fingerprint density at radius 1 is 1.62 bits per heavy atom. The van der Waals surface area contributed by atoms with Gasteiger partial charge in [0.25, 0.3) is 5.91 Å². The van der Waals surface area contributed by atoms with Gasteiger partial charge in [0.15, 0.2) is 0 Å². The summed E-state index contributed by atoms with van der Waals surface area (Å²) in [6.45, 7) is 3.83. The van der Waals surface area contributed by atoms with Crippen LogP contribution in [-0.2, 0) is 18.3 Å². The van der Waals surface area contributed by atoms with Crippen molar-refractivity contribution in [1.29, 1.82) is 0 Å². The van der Waals surface area contributed by atoms with Crippen molar-refractivity contribution in [3.05, 3.63) is 33.5 Å². The normalized spacial score (nSPS) is 18.1. The minimum atomic E-state index is -0.0992. The summed E-state index contributed by atoms with van der Waals surface area (Å²) < 4.78 is 7.09. The molecule has 1 aliphatic rings. The number of hydrogen-bond acceptors (Lipinski definition) is 5. The second kappa shape index (κ2) is 5.95. The highest BCUT2D eigenvalue weighted by Crippen LogP contribution is 2.26. The van der Waals surface area contributed by atoms with Crippen LogP contribution < -0.4 is 5.32 Å². The maximum atomic E-state index is 12.4. The van der Waals surface area contributed by atoms with E-state index >= 15 is 0 Å². The van der Waals surface area contributed by atoms with E-state index in [0.717, 1.165) is 28.6 Å². The zero-order valence-corrected chi connectivity index (χ0v) is 12.9. The average molecular weight is 306 g/mol. The van der Waals surface area contributed by atoms with Gasteiger partial charge in [-0.1, -0.05) is 0 Å². The Labute approximate surface area is 127 Å². The van der Waals surface area contributed by atoms with Crippen LogP contribution in [0.1, 0.15) is 38.3 Å². The van der Waals surface area contributed by atoms with Gasteiger partial charge >= 0.3 is 0 Å². The maximum absolute atomic E-state index is 12.4. The SMILES string of the molecule is Cc1cnc(CNC(=O)c2cn(C)nc2[C@H]2CCOC2)s1. The lowest BCUT2D eigenvalue weighted by Gasteiger charge is -2.07. The van der Waals surface area contributed by atoms with Crippen molar-refractivity contribution in [2.24, 2.45) is 7.05 Å². The monoisotopic (exact) mass is 306 g/mol. The molecule has 0 unspecified atom stereocenters. The van der Waals surface area contributed by atoms with Crippen LogP contribution in [0.5, 0.6) is 0 Å². The van der Waals surface area contributed by atoms with Gasteiger partial charge in [-0.2, -0.15) is 5.10 Å². The number of carbonyl (C=O) groups is 1. The first-order valence-corrected chi connectivity index (χ1v) is 7.76. The van der Waals surface area contributed by atoms with Crippen molar-refractivity contribution in [2.75, 3.05) is 13.2 Å². The fourth-order valence-corrected chi connectivity index (χ4v) is 3.19. The largest absolute Gasteiger partial charge is 0.381 e. The summed E-state index contributed by atoms with van der Waals surface area (Å²) in [5.74, 6) is 0.118. The molecule has 3 heterocycles. The van der Waals surface area contributed by atoms with Crippen molar-refractivity contribution in [2.45, 2.75) is 25.8 Å². The van der Waals surface area contributed by atoms with E-state index in [4.69, 9.17) is 4.74 Å². The molecule has 0 spiro atoms. The number of aryl methyl sites for hydroxylation is 2. The van der Waals surface area contributed by atoms with E-state index in [0.29, 0.717) is 18.7 Å². The first-order chi connectivity index (χ1) is 10.1. The number of amides is 1. The summed E-state index contributed by atoms with van der Waals surface area (Å²) >= 11 is 1.59. The van der Waals surface area contributed by atoms with Crippen molar-refractivity contribution >= 4 is 17.2 Å². The molecule has 0 aromatic carbocycles. The van der Waals surface area contributed by atoms with Gasteiger partial charge in [0, 0.05) is 36.8 Å². The molecule has 3 rings (SSSR count). The van der Waals surface area contributed by atoms with Crippen LogP contribution in [0, 0.1) is 6.92 Å². The molecular formula is C14H18N4O2S. The van der Waals surface area contributed by atoms with Gasteiger partial charge in [0.2, 0.25) is 0 Å². The van der Waals surface area contributed by atoms with Crippen LogP contribution >= 0.6 is 11.3 Å². The molecule has 0 bridgehead atoms. The summed E-state index contributed by atoms with van der Waals surface area (Å²) in [4.78, 5) is 17.8. The third-order valence-electron chi connectivity index (χ3n) is 3.49. The van der Waals surface area contributed by atoms with Crippen LogP contribution in [0.2, 0.25) is 0 Å². The lowest BCUT2D eigenvalue weighted by atomic mass is 10.0. The van der Waals surface area contributed by atoms with E-state index in [1.807, 2.05) is 20.2 Å². The molecule has 1 amide bonds. The molecule has 7 heteroatoms. The smallest absolute Gasteiger partial charge is 0.255 e. The lowest BCUT2D eigenvalue weighted by Crippen LogP contribution is -2.24. The second-order valence-electron chi connectivity index (χ2n) is 5.21. The molecule has 1 N–H and O–H groups in total. The van der Waals surface area contributed by atoms with Gasteiger partial charge in [-0.25, -0.2) is 4.98 Å². The minimum absolute atomic E-state index is 0.0992. The Bertz CT molecular complexity index is 643. The third kappa shape index (κ3) is 3.14. The van der Waals surface area contributed by atoms with Gasteiger partial charge in [-0.15, -0.1) is 11.3 Å². The lowest BCUT2D eigenvalue weighted by molar-refractivity contribution is 0.0949. The maximum Gasteiger partial charge on any atom is 0.255 e. The van der Waals surface area contributed by atoms with Crippen molar-refractivity contribution in [1.82, 2.24) is 20.1 Å². The molecule has 0 saturated carbocycles. The number of aromatic nitrogens is 3. The van der Waals surface area contributed by atoms with E-state index in [1.54, 1.807) is 22.2 Å². The Morgan fingerprint density at radius 3 is 3.14 bits per heavy atom. The molecule has 2 aromatic rings. The van der Waals surface area contributed by atoms with Gasteiger partial charge in [-0.3, -0.25) is 9.48 Å². The number of hydrogen-bond donors (Lipinski definition) is 1. The summed E-state index contributed by atoms with van der Waals surface area (Å²) in [6.07, 6.45) is 4.51. The van der Waals surface area contributed by atoms with E-state index < -0.39 is 0 Å². The predicted octanol–water partition coefficient (Wildman–Crippen LogP) is 1.62. The summed E-state index contributed by atoms with van der Waals surface area (Å²) in [6, 6.07) is 0. The third-order valence-corrected chi connectivity index (χ3v) is 4.40. The molecule has 21 heavy (non-hydrogen) atoms. The molecule has 1 fully saturated rings. The van der Waals surface area contributed by atoms with Gasteiger partial charge in [0.1, 0.15) is 5.01 Å². The van der Waals surface area contributed by atoms with Crippen LogP contribution in [0.25, 0.3) is 0 Å². The standard InChI is InChI=1S/C14H18N4O2S/c1-9-5-15-12(21-9)6-16-14(19)11-7-18(2)17-13(11)10-3-4-20-8-10/h5,7,10H,3-4,6,8H2,1-2H3,(H,16,19)/t10-/m0/s1. The van der Waals surface area contributed by atoms with Crippen LogP contribution in [0.3, 0.4) is 0 Å². The highest BCUT2D eigenvalue weighted by molar-refractivity contribution is 7.11. The highest BCUT2D eigenvalue weighted by atomic mass is 32.1. The predicted molar refractivity (Wildman–Crippen MR) is 79.4 cm³/mol. The number of rotatable bonds is 4. The minimum Gasteiger partial charge on any atom is -0.381 e. The zero-order chi connectivity index (χ0) is 14.8. The Morgan fingerprint density at radius 2 is 2.48 bits per heavy atom. The van der Waals surface area contributed by atoms with Crippen molar-refractivity contribution < 1.29 is 9.53 Å². The van der Waals surface area contributed by atoms with E-state index in [1.165, 1.54) is 0 Å². The second-order valence-corrected chi connectivity index (χ2v) is 6.53. The molecule has 1 saturated heterocycles. The number of nitrogens with zero attached hydrogens (tertiary/aromatic N) is 3. The van der Waals surface area contributed by atoms with Crippen LogP contribution in [-0.4, -0.2) is 33.9 Å². The number of carbonyl (C=O) groups excluding carboxylic acids is 1. The van der Waals surface area contributed by atoms with Crippen molar-refractivity contribution in [3.63, 3.8) is 0 Å². The Kier molecular flexibility index (Phi) is 4.03. The fraction of sp³-hybridized carbons (Fsp3) is 0.500. The van der Waals surface area contributed by atoms with Crippen LogP contribution in [0.4, 0.5) is 0 Å². The van der Waals surface area contributed by atoms with Gasteiger partial charge in [0.05, 0.1) is 24.4 Å². The number of thiazole rings is 1. The summed E-state index contributed by atoms with van der Waals surface area (Å²) in [5.41, 5.74) is 1.48. The molecule has 0 radical (unpaired) electrons. The van der Waals surface area contributed by atoms with Gasteiger partial charge < -0.3 is 10.1 Å². The van der Waals surface area contributed by atoms with E-state index in [-0.39, 0.29) is 11.8 Å². The van der Waals surface area contributed by atoms with Crippen LogP contribution in [0.15, 0.2) is 12.4 Å². The molecular weight excluding hydrogens is 288 g/mol. The fourth-order valence-electron chi connectivity index (χ4n) is 2.47. The summed E-state index contributed by atoms with van der Waals surface area (Å²) in [5, 5.41) is 8.27. The zero-order valence-electron chi connectivity index (χ0n) is 12.1. The molecule has 0 aliphatic carbocycles. The van der Waals surface area contributed by atoms with Crippen molar-refractivity contribution in [3.8, 4) is 0 Å². The first kappa shape index (κ1) is 14.2. The first-order valence-electron chi connectivity index (χ1n) is 6.94. The molecule has 112 valence electrons. The number of nitrogens with one attached hydrogen (secondary N) is 1. The molecule has 1 aliphatic heterocycles. The Hall–Kier alpha value is -1.73. The summed E-state index contributed by atoms with van der Waals surface area (Å²) in [7, 11) is 1.83. The molecule has 1 atom stereocenters. The molecule has 2 aromatic heterocycles. The van der Waals surface area contributed by atoms with Gasteiger partial charge in [-0.05, 0) is 13.3 Å². The quantitative estimate of drug-likeness (QED) is 0.932.